The molecule has 6 heteroatoms. The van der Waals surface area contributed by atoms with Crippen molar-refractivity contribution in [1.82, 2.24) is 15.0 Å². The quantitative estimate of drug-likeness (QED) is 0.750. The second kappa shape index (κ2) is 6.60. The summed E-state index contributed by atoms with van der Waals surface area (Å²) in [5.41, 5.74) is 9.28. The number of nitrogens with one attached hydrogen (secondary N) is 1. The van der Waals surface area contributed by atoms with E-state index in [0.717, 1.165) is 21.6 Å². The highest BCUT2D eigenvalue weighted by Crippen LogP contribution is 2.31. The molecule has 3 heterocycles. The maximum Gasteiger partial charge on any atom is 0.162 e. The number of pyridine rings is 1. The monoisotopic (exact) mass is 327 g/mol. The number of thiophene rings is 1. The van der Waals surface area contributed by atoms with Gasteiger partial charge in [-0.1, -0.05) is 13.8 Å². The summed E-state index contributed by atoms with van der Waals surface area (Å²) in [6.45, 7) is 7.02. The van der Waals surface area contributed by atoms with Crippen LogP contribution in [0, 0.1) is 12.8 Å². The van der Waals surface area contributed by atoms with Gasteiger partial charge in [0, 0.05) is 30.5 Å². The van der Waals surface area contributed by atoms with Gasteiger partial charge in [-0.3, -0.25) is 4.98 Å². The van der Waals surface area contributed by atoms with Gasteiger partial charge in [0.1, 0.15) is 5.82 Å². The zero-order valence-electron chi connectivity index (χ0n) is 13.6. The van der Waals surface area contributed by atoms with Crippen molar-refractivity contribution in [2.75, 3.05) is 11.9 Å². The Morgan fingerprint density at radius 1 is 1.22 bits per heavy atom. The molecule has 0 aliphatic carbocycles. The van der Waals surface area contributed by atoms with Gasteiger partial charge < -0.3 is 11.1 Å². The van der Waals surface area contributed by atoms with Gasteiger partial charge in [-0.25, -0.2) is 9.97 Å². The Balaban J connectivity index is 2.02. The molecule has 3 N–H and O–H groups in total. The molecule has 0 fully saturated rings. The molecule has 120 valence electrons. The minimum absolute atomic E-state index is 0.0884. The SMILES string of the molecule is Cc1csc2c(NCC(N)C(C)C)nc(-c3ccncc3)nc12. The molecule has 23 heavy (non-hydrogen) atoms. The summed E-state index contributed by atoms with van der Waals surface area (Å²) in [4.78, 5) is 13.5. The third kappa shape index (κ3) is 3.33. The minimum atomic E-state index is 0.0884. The highest BCUT2D eigenvalue weighted by atomic mass is 32.1. The summed E-state index contributed by atoms with van der Waals surface area (Å²) in [6.07, 6.45) is 3.51. The fourth-order valence-electron chi connectivity index (χ4n) is 2.23. The molecule has 0 aromatic carbocycles. The van der Waals surface area contributed by atoms with Crippen molar-refractivity contribution in [1.29, 1.82) is 0 Å². The smallest absolute Gasteiger partial charge is 0.162 e. The molecule has 1 atom stereocenters. The zero-order valence-corrected chi connectivity index (χ0v) is 14.4. The molecule has 0 saturated carbocycles. The van der Waals surface area contributed by atoms with Gasteiger partial charge in [0.15, 0.2) is 5.82 Å². The van der Waals surface area contributed by atoms with Crippen molar-refractivity contribution in [3.05, 3.63) is 35.5 Å². The number of rotatable bonds is 5. The Hall–Kier alpha value is -2.05. The van der Waals surface area contributed by atoms with Crippen LogP contribution in [0.15, 0.2) is 29.9 Å². The first-order valence-corrected chi connectivity index (χ1v) is 8.60. The molecular formula is C17H21N5S. The fraction of sp³-hybridized carbons (Fsp3) is 0.353. The van der Waals surface area contributed by atoms with Gasteiger partial charge >= 0.3 is 0 Å². The van der Waals surface area contributed by atoms with Crippen LogP contribution in [0.4, 0.5) is 5.82 Å². The topological polar surface area (TPSA) is 76.7 Å². The first-order valence-electron chi connectivity index (χ1n) is 7.72. The maximum atomic E-state index is 6.15. The highest BCUT2D eigenvalue weighted by molar-refractivity contribution is 7.18. The average molecular weight is 327 g/mol. The lowest BCUT2D eigenvalue weighted by atomic mass is 10.1. The molecule has 0 bridgehead atoms. The lowest BCUT2D eigenvalue weighted by Gasteiger charge is -2.17. The summed E-state index contributed by atoms with van der Waals surface area (Å²) < 4.78 is 1.08. The van der Waals surface area contributed by atoms with Gasteiger partial charge in [0.25, 0.3) is 0 Å². The Morgan fingerprint density at radius 3 is 2.65 bits per heavy atom. The molecule has 3 rings (SSSR count). The number of anilines is 1. The molecule has 0 saturated heterocycles. The van der Waals surface area contributed by atoms with E-state index in [9.17, 15) is 0 Å². The predicted octanol–water partition coefficient (Wildman–Crippen LogP) is 3.46. The predicted molar refractivity (Wildman–Crippen MR) is 96.7 cm³/mol. The number of nitrogens with two attached hydrogens (primary N) is 1. The number of aromatic nitrogens is 3. The average Bonchev–Trinajstić information content (AvgIpc) is 2.94. The summed E-state index contributed by atoms with van der Waals surface area (Å²) >= 11 is 1.66. The lowest BCUT2D eigenvalue weighted by Crippen LogP contribution is -2.34. The molecule has 5 nitrogen and oxygen atoms in total. The third-order valence-electron chi connectivity index (χ3n) is 3.89. The fourth-order valence-corrected chi connectivity index (χ4v) is 3.19. The van der Waals surface area contributed by atoms with Crippen LogP contribution in [0.2, 0.25) is 0 Å². The molecule has 0 radical (unpaired) electrons. The first kappa shape index (κ1) is 15.8. The van der Waals surface area contributed by atoms with Crippen LogP contribution >= 0.6 is 11.3 Å². The largest absolute Gasteiger partial charge is 0.367 e. The summed E-state index contributed by atoms with van der Waals surface area (Å²) in [7, 11) is 0. The van der Waals surface area contributed by atoms with E-state index in [4.69, 9.17) is 15.7 Å². The Kier molecular flexibility index (Phi) is 4.54. The molecule has 0 aliphatic rings. The van der Waals surface area contributed by atoms with Crippen molar-refractivity contribution < 1.29 is 0 Å². The van der Waals surface area contributed by atoms with Crippen LogP contribution in [0.5, 0.6) is 0 Å². The zero-order chi connectivity index (χ0) is 16.4. The molecule has 0 amide bonds. The van der Waals surface area contributed by atoms with Crippen molar-refractivity contribution in [2.24, 2.45) is 11.7 Å². The second-order valence-corrected chi connectivity index (χ2v) is 6.90. The van der Waals surface area contributed by atoms with Crippen LogP contribution in [0.3, 0.4) is 0 Å². The number of hydrogen-bond acceptors (Lipinski definition) is 6. The summed E-state index contributed by atoms with van der Waals surface area (Å²) in [5.74, 6) is 1.99. The first-order chi connectivity index (χ1) is 11.1. The van der Waals surface area contributed by atoms with E-state index in [2.05, 4.69) is 36.5 Å². The van der Waals surface area contributed by atoms with Crippen LogP contribution in [-0.2, 0) is 0 Å². The molecule has 3 aromatic rings. The van der Waals surface area contributed by atoms with E-state index in [1.165, 1.54) is 5.56 Å². The Bertz CT molecular complexity index is 797. The second-order valence-electron chi connectivity index (χ2n) is 6.02. The molecule has 0 spiro atoms. The number of fused-ring (bicyclic) bond motifs is 1. The van der Waals surface area contributed by atoms with E-state index in [0.29, 0.717) is 18.3 Å². The lowest BCUT2D eigenvalue weighted by molar-refractivity contribution is 0.511. The molecule has 1 unspecified atom stereocenters. The van der Waals surface area contributed by atoms with E-state index < -0.39 is 0 Å². The number of hydrogen-bond donors (Lipinski definition) is 2. The van der Waals surface area contributed by atoms with Crippen molar-refractivity contribution in [3.8, 4) is 11.4 Å². The van der Waals surface area contributed by atoms with Crippen LogP contribution in [0.25, 0.3) is 21.6 Å². The highest BCUT2D eigenvalue weighted by Gasteiger charge is 2.14. The van der Waals surface area contributed by atoms with Crippen LogP contribution < -0.4 is 11.1 Å². The molecule has 0 aliphatic heterocycles. The minimum Gasteiger partial charge on any atom is -0.367 e. The summed E-state index contributed by atoms with van der Waals surface area (Å²) in [6, 6.07) is 3.93. The van der Waals surface area contributed by atoms with Gasteiger partial charge in [-0.05, 0) is 35.9 Å². The number of aryl methyl sites for hydroxylation is 1. The number of nitrogens with zero attached hydrogens (tertiary/aromatic N) is 3. The molecular weight excluding hydrogens is 306 g/mol. The van der Waals surface area contributed by atoms with E-state index in [-0.39, 0.29) is 6.04 Å². The Labute approximate surface area is 140 Å². The molecule has 3 aromatic heterocycles. The normalized spacial score (nSPS) is 12.7. The standard InChI is InChI=1S/C17H21N5S/c1-10(2)13(18)8-20-17-15-14(11(3)9-23-15)21-16(22-17)12-4-6-19-7-5-12/h4-7,9-10,13H,8,18H2,1-3H3,(H,20,21,22). The van der Waals surface area contributed by atoms with E-state index in [1.807, 2.05) is 12.1 Å². The van der Waals surface area contributed by atoms with E-state index in [1.54, 1.807) is 23.7 Å². The van der Waals surface area contributed by atoms with Crippen molar-refractivity contribution in [3.63, 3.8) is 0 Å². The third-order valence-corrected chi connectivity index (χ3v) is 4.99. The van der Waals surface area contributed by atoms with Crippen LogP contribution in [0.1, 0.15) is 19.4 Å². The van der Waals surface area contributed by atoms with Gasteiger partial charge in [0.2, 0.25) is 0 Å². The van der Waals surface area contributed by atoms with Crippen LogP contribution in [-0.4, -0.2) is 27.5 Å². The Morgan fingerprint density at radius 2 is 1.96 bits per heavy atom. The van der Waals surface area contributed by atoms with Crippen molar-refractivity contribution >= 4 is 27.4 Å². The van der Waals surface area contributed by atoms with Gasteiger partial charge in [0.05, 0.1) is 10.2 Å². The summed E-state index contributed by atoms with van der Waals surface area (Å²) in [5, 5.41) is 5.53. The van der Waals surface area contributed by atoms with Gasteiger partial charge in [-0.2, -0.15) is 0 Å². The van der Waals surface area contributed by atoms with Gasteiger partial charge in [-0.15, -0.1) is 11.3 Å². The maximum absolute atomic E-state index is 6.15. The van der Waals surface area contributed by atoms with E-state index >= 15 is 0 Å². The van der Waals surface area contributed by atoms with Crippen molar-refractivity contribution in [2.45, 2.75) is 26.8 Å².